The largest absolute Gasteiger partial charge is 0.496 e. The summed E-state index contributed by atoms with van der Waals surface area (Å²) in [5.41, 5.74) is 0.986. The molecule has 0 radical (unpaired) electrons. The Bertz CT molecular complexity index is 1020. The Labute approximate surface area is 162 Å². The molecular formula is C18H14BrClN2O2S. The monoisotopic (exact) mass is 436 g/mol. The Kier molecular flexibility index (Phi) is 5.51. The second-order valence-corrected chi connectivity index (χ2v) is 7.34. The fourth-order valence-electron chi connectivity index (χ4n) is 2.40. The van der Waals surface area contributed by atoms with Crippen molar-refractivity contribution in [3.63, 3.8) is 0 Å². The lowest BCUT2D eigenvalue weighted by atomic mass is 10.2. The minimum atomic E-state index is -0.199. The number of hydrogen-bond acceptors (Lipinski definition) is 4. The number of thioether (sulfide) groups is 1. The first-order chi connectivity index (χ1) is 12.1. The van der Waals surface area contributed by atoms with Crippen LogP contribution in [0.4, 0.5) is 0 Å². The fraction of sp³-hybridized carbons (Fsp3) is 0.111. The topological polar surface area (TPSA) is 44.1 Å². The molecule has 2 aromatic carbocycles. The van der Waals surface area contributed by atoms with Crippen LogP contribution in [0.1, 0.15) is 0 Å². The molecule has 0 aliphatic heterocycles. The van der Waals surface area contributed by atoms with Crippen LogP contribution in [0.5, 0.6) is 5.75 Å². The van der Waals surface area contributed by atoms with Crippen LogP contribution in [-0.4, -0.2) is 22.4 Å². The molecule has 0 unspecified atom stereocenters. The van der Waals surface area contributed by atoms with Crippen molar-refractivity contribution in [1.29, 1.82) is 0 Å². The predicted molar refractivity (Wildman–Crippen MR) is 108 cm³/mol. The average molecular weight is 438 g/mol. The minimum Gasteiger partial charge on any atom is -0.496 e. The van der Waals surface area contributed by atoms with E-state index in [0.717, 1.165) is 4.47 Å². The van der Waals surface area contributed by atoms with Crippen LogP contribution >= 0.6 is 39.3 Å². The zero-order chi connectivity index (χ0) is 18.0. The van der Waals surface area contributed by atoms with Crippen molar-refractivity contribution in [2.24, 2.45) is 0 Å². The lowest BCUT2D eigenvalue weighted by molar-refractivity contribution is 0.412. The van der Waals surface area contributed by atoms with E-state index >= 15 is 0 Å². The molecular weight excluding hydrogens is 424 g/mol. The standard InChI is InChI=1S/C18H14BrClN2O2S/c1-3-8-25-18-21-14-10-12(19)16(24-2)9-11(14)17(23)22(18)15-7-5-4-6-13(15)20/h3-7,9-10H,1,8H2,2H3. The number of rotatable bonds is 5. The van der Waals surface area contributed by atoms with E-state index in [0.29, 0.717) is 38.3 Å². The lowest BCUT2D eigenvalue weighted by Gasteiger charge is -2.14. The number of ether oxygens (including phenoxy) is 1. The van der Waals surface area contributed by atoms with Crippen molar-refractivity contribution in [2.45, 2.75) is 5.16 Å². The molecule has 0 aliphatic rings. The van der Waals surface area contributed by atoms with Gasteiger partial charge in [0.25, 0.3) is 5.56 Å². The molecule has 7 heteroatoms. The number of para-hydroxylation sites is 1. The van der Waals surface area contributed by atoms with Crippen molar-refractivity contribution in [3.05, 3.63) is 68.9 Å². The Morgan fingerprint density at radius 3 is 2.84 bits per heavy atom. The third-order valence-corrected chi connectivity index (χ3v) is 5.41. The molecule has 0 N–H and O–H groups in total. The average Bonchev–Trinajstić information content (AvgIpc) is 2.60. The van der Waals surface area contributed by atoms with Crippen molar-refractivity contribution in [1.82, 2.24) is 9.55 Å². The van der Waals surface area contributed by atoms with E-state index in [1.807, 2.05) is 12.1 Å². The molecule has 3 aromatic rings. The molecule has 0 fully saturated rings. The van der Waals surface area contributed by atoms with Crippen molar-refractivity contribution < 1.29 is 4.74 Å². The van der Waals surface area contributed by atoms with Gasteiger partial charge in [0.2, 0.25) is 0 Å². The lowest BCUT2D eigenvalue weighted by Crippen LogP contribution is -2.22. The van der Waals surface area contributed by atoms with Gasteiger partial charge in [-0.25, -0.2) is 4.98 Å². The Morgan fingerprint density at radius 1 is 1.40 bits per heavy atom. The van der Waals surface area contributed by atoms with Gasteiger partial charge in [-0.05, 0) is 40.2 Å². The van der Waals surface area contributed by atoms with E-state index in [1.165, 1.54) is 16.3 Å². The first-order valence-corrected chi connectivity index (χ1v) is 9.51. The Morgan fingerprint density at radius 2 is 2.16 bits per heavy atom. The van der Waals surface area contributed by atoms with E-state index < -0.39 is 0 Å². The summed E-state index contributed by atoms with van der Waals surface area (Å²) in [6, 6.07) is 10.7. The number of hydrogen-bond donors (Lipinski definition) is 0. The van der Waals surface area contributed by atoms with Gasteiger partial charge in [-0.1, -0.05) is 41.6 Å². The second-order valence-electron chi connectivity index (χ2n) is 5.09. The van der Waals surface area contributed by atoms with Crippen LogP contribution < -0.4 is 10.3 Å². The molecule has 128 valence electrons. The zero-order valence-electron chi connectivity index (χ0n) is 13.3. The highest BCUT2D eigenvalue weighted by Crippen LogP contribution is 2.31. The summed E-state index contributed by atoms with van der Waals surface area (Å²) in [7, 11) is 1.56. The minimum absolute atomic E-state index is 0.199. The predicted octanol–water partition coefficient (Wildman–Crippen LogP) is 5.09. The maximum absolute atomic E-state index is 13.2. The van der Waals surface area contributed by atoms with Crippen LogP contribution in [0.3, 0.4) is 0 Å². The third-order valence-electron chi connectivity index (χ3n) is 3.53. The van der Waals surface area contributed by atoms with E-state index in [4.69, 9.17) is 16.3 Å². The molecule has 1 heterocycles. The highest BCUT2D eigenvalue weighted by molar-refractivity contribution is 9.10. The molecule has 4 nitrogen and oxygen atoms in total. The van der Waals surface area contributed by atoms with Gasteiger partial charge >= 0.3 is 0 Å². The number of nitrogens with zero attached hydrogens (tertiary/aromatic N) is 2. The number of methoxy groups -OCH3 is 1. The maximum atomic E-state index is 13.2. The van der Waals surface area contributed by atoms with E-state index in [2.05, 4.69) is 27.5 Å². The van der Waals surface area contributed by atoms with E-state index in [1.54, 1.807) is 37.5 Å². The molecule has 3 rings (SSSR count). The van der Waals surface area contributed by atoms with Crippen LogP contribution in [-0.2, 0) is 0 Å². The quantitative estimate of drug-likeness (QED) is 0.317. The second kappa shape index (κ2) is 7.64. The van der Waals surface area contributed by atoms with Gasteiger partial charge in [0.1, 0.15) is 5.75 Å². The fourth-order valence-corrected chi connectivity index (χ4v) is 3.85. The molecule has 1 aromatic heterocycles. The molecule has 25 heavy (non-hydrogen) atoms. The Hall–Kier alpha value is -1.76. The smallest absolute Gasteiger partial charge is 0.266 e. The molecule has 0 aliphatic carbocycles. The number of aromatic nitrogens is 2. The van der Waals surface area contributed by atoms with Gasteiger partial charge in [-0.2, -0.15) is 0 Å². The van der Waals surface area contributed by atoms with Crippen LogP contribution in [0.25, 0.3) is 16.6 Å². The molecule has 0 saturated heterocycles. The van der Waals surface area contributed by atoms with Crippen LogP contribution in [0.2, 0.25) is 5.02 Å². The summed E-state index contributed by atoms with van der Waals surface area (Å²) in [5, 5.41) is 1.50. The van der Waals surface area contributed by atoms with Crippen molar-refractivity contribution in [2.75, 3.05) is 12.9 Å². The molecule has 0 atom stereocenters. The van der Waals surface area contributed by atoms with Crippen LogP contribution in [0.15, 0.2) is 63.5 Å². The van der Waals surface area contributed by atoms with Gasteiger partial charge in [0.05, 0.1) is 33.2 Å². The highest BCUT2D eigenvalue weighted by Gasteiger charge is 2.16. The molecule has 0 spiro atoms. The summed E-state index contributed by atoms with van der Waals surface area (Å²) in [6.45, 7) is 3.73. The first-order valence-electron chi connectivity index (χ1n) is 7.35. The van der Waals surface area contributed by atoms with E-state index in [-0.39, 0.29) is 5.56 Å². The number of fused-ring (bicyclic) bond motifs is 1. The summed E-state index contributed by atoms with van der Waals surface area (Å²) >= 11 is 11.2. The van der Waals surface area contributed by atoms with Crippen molar-refractivity contribution in [3.8, 4) is 11.4 Å². The first kappa shape index (κ1) is 18.0. The summed E-state index contributed by atoms with van der Waals surface area (Å²) in [4.78, 5) is 17.9. The summed E-state index contributed by atoms with van der Waals surface area (Å²) < 4.78 is 7.58. The maximum Gasteiger partial charge on any atom is 0.266 e. The SMILES string of the molecule is C=CCSc1nc2cc(Br)c(OC)cc2c(=O)n1-c1ccccc1Cl. The molecule has 0 amide bonds. The third kappa shape index (κ3) is 3.47. The molecule has 0 bridgehead atoms. The number of benzene rings is 2. The van der Waals surface area contributed by atoms with Crippen LogP contribution in [0, 0.1) is 0 Å². The number of halogens is 2. The van der Waals surface area contributed by atoms with Gasteiger partial charge in [0, 0.05) is 5.75 Å². The normalized spacial score (nSPS) is 10.8. The van der Waals surface area contributed by atoms with Gasteiger partial charge in [0.15, 0.2) is 5.16 Å². The van der Waals surface area contributed by atoms with Gasteiger partial charge in [-0.3, -0.25) is 9.36 Å². The highest BCUT2D eigenvalue weighted by atomic mass is 79.9. The summed E-state index contributed by atoms with van der Waals surface area (Å²) in [6.07, 6.45) is 1.77. The Balaban J connectivity index is 2.38. The summed E-state index contributed by atoms with van der Waals surface area (Å²) in [5.74, 6) is 1.20. The zero-order valence-corrected chi connectivity index (χ0v) is 16.5. The van der Waals surface area contributed by atoms with Crippen molar-refractivity contribution >= 4 is 50.2 Å². The van der Waals surface area contributed by atoms with E-state index in [9.17, 15) is 4.79 Å². The molecule has 0 saturated carbocycles. The van der Waals surface area contributed by atoms with Gasteiger partial charge < -0.3 is 4.74 Å². The van der Waals surface area contributed by atoms with Gasteiger partial charge in [-0.15, -0.1) is 6.58 Å².